The van der Waals surface area contributed by atoms with Crippen molar-refractivity contribution in [2.24, 2.45) is 0 Å². The molecular weight excluding hydrogens is 214 g/mol. The number of nitrogens with zero attached hydrogens (tertiary/aromatic N) is 1. The Labute approximate surface area is 98.1 Å². The summed E-state index contributed by atoms with van der Waals surface area (Å²) >= 11 is 2.02. The highest BCUT2D eigenvalue weighted by molar-refractivity contribution is 7.97. The summed E-state index contributed by atoms with van der Waals surface area (Å²) in [7, 11) is 0. The van der Waals surface area contributed by atoms with Gasteiger partial charge in [0.15, 0.2) is 0 Å². The molecule has 1 aliphatic rings. The van der Waals surface area contributed by atoms with Crippen LogP contribution in [0.5, 0.6) is 0 Å². The molecule has 0 atom stereocenters. The zero-order valence-electron chi connectivity index (χ0n) is 8.81. The first-order chi connectivity index (χ1) is 7.95. The minimum absolute atomic E-state index is 1.15. The first kappa shape index (κ1) is 8.71. The largest absolute Gasteiger partial charge is 0.316 e. The molecule has 0 unspecified atom stereocenters. The maximum Gasteiger partial charge on any atom is 0.0543 e. The van der Waals surface area contributed by atoms with Crippen molar-refractivity contribution in [3.8, 4) is 0 Å². The molecule has 2 heteroatoms. The SMILES string of the molecule is c1ccc2c(c1)c1c3c(cccn32)CSC1. The van der Waals surface area contributed by atoms with E-state index in [-0.39, 0.29) is 0 Å². The second kappa shape index (κ2) is 3.05. The van der Waals surface area contributed by atoms with Crippen molar-refractivity contribution in [3.05, 3.63) is 53.7 Å². The number of hydrogen-bond donors (Lipinski definition) is 0. The zero-order valence-corrected chi connectivity index (χ0v) is 9.63. The van der Waals surface area contributed by atoms with E-state index in [1.807, 2.05) is 11.8 Å². The van der Waals surface area contributed by atoms with E-state index in [9.17, 15) is 0 Å². The van der Waals surface area contributed by atoms with E-state index in [1.165, 1.54) is 27.5 Å². The van der Waals surface area contributed by atoms with E-state index in [0.29, 0.717) is 0 Å². The maximum absolute atomic E-state index is 2.35. The number of fused-ring (bicyclic) bond motifs is 3. The smallest absolute Gasteiger partial charge is 0.0543 e. The van der Waals surface area contributed by atoms with Crippen molar-refractivity contribution < 1.29 is 0 Å². The Hall–Kier alpha value is -1.41. The summed E-state index contributed by atoms with van der Waals surface area (Å²) < 4.78 is 2.35. The number of pyridine rings is 1. The molecule has 0 spiro atoms. The third-order valence-electron chi connectivity index (χ3n) is 3.36. The molecule has 0 saturated heterocycles. The lowest BCUT2D eigenvalue weighted by Gasteiger charge is -2.12. The van der Waals surface area contributed by atoms with Gasteiger partial charge in [0.2, 0.25) is 0 Å². The number of rotatable bonds is 0. The van der Waals surface area contributed by atoms with Crippen molar-refractivity contribution >= 4 is 28.2 Å². The third kappa shape index (κ3) is 0.978. The minimum atomic E-state index is 1.15. The summed E-state index contributed by atoms with van der Waals surface area (Å²) in [6.45, 7) is 0. The topological polar surface area (TPSA) is 4.41 Å². The predicted octanol–water partition coefficient (Wildman–Crippen LogP) is 3.84. The highest BCUT2D eigenvalue weighted by Gasteiger charge is 2.17. The van der Waals surface area contributed by atoms with Gasteiger partial charge in [-0.05, 0) is 23.3 Å². The van der Waals surface area contributed by atoms with Crippen LogP contribution in [0, 0.1) is 0 Å². The van der Waals surface area contributed by atoms with E-state index in [2.05, 4.69) is 47.0 Å². The van der Waals surface area contributed by atoms with Crippen LogP contribution in [0.3, 0.4) is 0 Å². The van der Waals surface area contributed by atoms with Gasteiger partial charge < -0.3 is 4.40 Å². The summed E-state index contributed by atoms with van der Waals surface area (Å²) in [5.74, 6) is 2.29. The van der Waals surface area contributed by atoms with Gasteiger partial charge in [-0.15, -0.1) is 0 Å². The fourth-order valence-corrected chi connectivity index (χ4v) is 3.74. The molecule has 0 N–H and O–H groups in total. The van der Waals surface area contributed by atoms with E-state index in [4.69, 9.17) is 0 Å². The lowest BCUT2D eigenvalue weighted by Crippen LogP contribution is -1.96. The van der Waals surface area contributed by atoms with Gasteiger partial charge in [0.1, 0.15) is 0 Å². The summed E-state index contributed by atoms with van der Waals surface area (Å²) in [6.07, 6.45) is 2.18. The lowest BCUT2D eigenvalue weighted by molar-refractivity contribution is 1.19. The van der Waals surface area contributed by atoms with Crippen LogP contribution >= 0.6 is 11.8 Å². The monoisotopic (exact) mass is 225 g/mol. The molecule has 2 aromatic heterocycles. The van der Waals surface area contributed by atoms with E-state index in [0.717, 1.165) is 11.5 Å². The molecule has 1 aromatic carbocycles. The Kier molecular flexibility index (Phi) is 1.66. The summed E-state index contributed by atoms with van der Waals surface area (Å²) in [4.78, 5) is 0. The van der Waals surface area contributed by atoms with Gasteiger partial charge in [0, 0.05) is 23.1 Å². The van der Waals surface area contributed by atoms with Crippen molar-refractivity contribution in [3.63, 3.8) is 0 Å². The Morgan fingerprint density at radius 1 is 1.00 bits per heavy atom. The third-order valence-corrected chi connectivity index (χ3v) is 4.36. The van der Waals surface area contributed by atoms with E-state index in [1.54, 1.807) is 0 Å². The number of hydrogen-bond acceptors (Lipinski definition) is 1. The number of thioether (sulfide) groups is 1. The van der Waals surface area contributed by atoms with Crippen LogP contribution in [0.25, 0.3) is 16.4 Å². The molecule has 1 aliphatic heterocycles. The fourth-order valence-electron chi connectivity index (χ4n) is 2.69. The van der Waals surface area contributed by atoms with Crippen molar-refractivity contribution in [2.45, 2.75) is 11.5 Å². The lowest BCUT2D eigenvalue weighted by atomic mass is 10.1. The number of aromatic nitrogens is 1. The van der Waals surface area contributed by atoms with Gasteiger partial charge in [-0.1, -0.05) is 24.3 Å². The molecule has 78 valence electrons. The van der Waals surface area contributed by atoms with Crippen LogP contribution in [-0.2, 0) is 11.5 Å². The molecule has 16 heavy (non-hydrogen) atoms. The number of para-hydroxylation sites is 1. The van der Waals surface area contributed by atoms with Gasteiger partial charge in [-0.3, -0.25) is 0 Å². The Balaban J connectivity index is 2.36. The highest BCUT2D eigenvalue weighted by Crippen LogP contribution is 2.37. The molecule has 3 aromatic rings. The second-order valence-electron chi connectivity index (χ2n) is 4.24. The predicted molar refractivity (Wildman–Crippen MR) is 69.9 cm³/mol. The summed E-state index contributed by atoms with van der Waals surface area (Å²) in [5, 5.41) is 1.42. The molecule has 0 saturated carbocycles. The standard InChI is InChI=1S/C14H11NS/c1-2-6-13-11(5-1)12-9-16-8-10-4-3-7-15(13)14(10)12/h1-7H,8-9H2. The van der Waals surface area contributed by atoms with Crippen LogP contribution in [-0.4, -0.2) is 4.40 Å². The summed E-state index contributed by atoms with van der Waals surface area (Å²) in [5.41, 5.74) is 5.78. The first-order valence-electron chi connectivity index (χ1n) is 5.52. The molecule has 1 nitrogen and oxygen atoms in total. The van der Waals surface area contributed by atoms with Crippen molar-refractivity contribution in [1.82, 2.24) is 4.40 Å². The van der Waals surface area contributed by atoms with Gasteiger partial charge >= 0.3 is 0 Å². The van der Waals surface area contributed by atoms with Crippen LogP contribution in [0.15, 0.2) is 42.6 Å². The van der Waals surface area contributed by atoms with Crippen LogP contribution in [0.1, 0.15) is 11.1 Å². The fraction of sp³-hybridized carbons (Fsp3) is 0.143. The Bertz CT molecular complexity index is 696. The minimum Gasteiger partial charge on any atom is -0.316 e. The molecule has 0 amide bonds. The summed E-state index contributed by atoms with van der Waals surface area (Å²) in [6, 6.07) is 13.1. The van der Waals surface area contributed by atoms with E-state index < -0.39 is 0 Å². The van der Waals surface area contributed by atoms with Crippen LogP contribution in [0.4, 0.5) is 0 Å². The molecular formula is C14H11NS. The molecule has 0 radical (unpaired) electrons. The van der Waals surface area contributed by atoms with Crippen molar-refractivity contribution in [2.75, 3.05) is 0 Å². The van der Waals surface area contributed by atoms with Gasteiger partial charge in [0.25, 0.3) is 0 Å². The number of benzene rings is 1. The molecule has 3 heterocycles. The van der Waals surface area contributed by atoms with Crippen LogP contribution in [0.2, 0.25) is 0 Å². The second-order valence-corrected chi connectivity index (χ2v) is 5.23. The van der Waals surface area contributed by atoms with Gasteiger partial charge in [-0.2, -0.15) is 11.8 Å². The van der Waals surface area contributed by atoms with Crippen LogP contribution < -0.4 is 0 Å². The highest BCUT2D eigenvalue weighted by atomic mass is 32.2. The first-order valence-corrected chi connectivity index (χ1v) is 6.68. The Morgan fingerprint density at radius 3 is 2.94 bits per heavy atom. The van der Waals surface area contributed by atoms with Gasteiger partial charge in [0.05, 0.1) is 11.0 Å². The average molecular weight is 225 g/mol. The quantitative estimate of drug-likeness (QED) is 0.562. The van der Waals surface area contributed by atoms with Crippen molar-refractivity contribution in [1.29, 1.82) is 0 Å². The normalized spacial score (nSPS) is 14.8. The molecule has 0 fully saturated rings. The zero-order chi connectivity index (χ0) is 10.5. The molecule has 4 rings (SSSR count). The average Bonchev–Trinajstić information content (AvgIpc) is 2.68. The van der Waals surface area contributed by atoms with Gasteiger partial charge in [-0.25, -0.2) is 0 Å². The Morgan fingerprint density at radius 2 is 1.94 bits per heavy atom. The molecule has 0 aliphatic carbocycles. The molecule has 0 bridgehead atoms. The van der Waals surface area contributed by atoms with E-state index >= 15 is 0 Å². The maximum atomic E-state index is 2.35.